The number of hydrogen-bond acceptors (Lipinski definition) is 3. The highest BCUT2D eigenvalue weighted by Crippen LogP contribution is 2.25. The number of aliphatic carboxylic acids is 1. The van der Waals surface area contributed by atoms with Crippen LogP contribution in [0.5, 0.6) is 5.75 Å². The number of carboxylic acid groups (broad SMARTS) is 1. The predicted molar refractivity (Wildman–Crippen MR) is 54.4 cm³/mol. The lowest BCUT2D eigenvalue weighted by molar-refractivity contribution is -0.136. The van der Waals surface area contributed by atoms with E-state index in [1.807, 2.05) is 0 Å². The first-order valence-corrected chi connectivity index (χ1v) is 4.78. The van der Waals surface area contributed by atoms with Crippen molar-refractivity contribution in [1.82, 2.24) is 0 Å². The largest absolute Gasteiger partial charge is 0.481 e. The summed E-state index contributed by atoms with van der Waals surface area (Å²) < 4.78 is 28.6. The van der Waals surface area contributed by atoms with Crippen molar-refractivity contribution in [3.05, 3.63) is 29.3 Å². The van der Waals surface area contributed by atoms with Gasteiger partial charge in [-0.1, -0.05) is 12.1 Å². The van der Waals surface area contributed by atoms with E-state index in [0.29, 0.717) is 6.29 Å². The van der Waals surface area contributed by atoms with Crippen LogP contribution < -0.4 is 4.74 Å². The number of hydrogen-bond donors (Lipinski definition) is 1. The maximum Gasteiger partial charge on any atom is 0.387 e. The van der Waals surface area contributed by atoms with Crippen LogP contribution in [0.4, 0.5) is 8.78 Å². The predicted octanol–water partition coefficient (Wildman–Crippen LogP) is 2.12. The molecule has 0 aliphatic heterocycles. The van der Waals surface area contributed by atoms with Gasteiger partial charge >= 0.3 is 12.6 Å². The molecule has 0 spiro atoms. The molecule has 0 amide bonds. The second-order valence-electron chi connectivity index (χ2n) is 3.23. The number of aldehydes is 1. The first kappa shape index (κ1) is 13.1. The molecule has 0 saturated carbocycles. The Hall–Kier alpha value is -1.98. The molecule has 0 unspecified atom stereocenters. The van der Waals surface area contributed by atoms with Gasteiger partial charge in [0.15, 0.2) is 6.29 Å². The van der Waals surface area contributed by atoms with Crippen molar-refractivity contribution in [3.63, 3.8) is 0 Å². The van der Waals surface area contributed by atoms with E-state index in [0.717, 1.165) is 0 Å². The number of carboxylic acids is 1. The highest BCUT2D eigenvalue weighted by atomic mass is 19.3. The van der Waals surface area contributed by atoms with Gasteiger partial charge < -0.3 is 9.84 Å². The third-order valence-electron chi connectivity index (χ3n) is 2.07. The van der Waals surface area contributed by atoms with Crippen molar-refractivity contribution < 1.29 is 28.2 Å². The third-order valence-corrected chi connectivity index (χ3v) is 2.07. The van der Waals surface area contributed by atoms with E-state index in [1.165, 1.54) is 18.2 Å². The molecular formula is C11H10F2O4. The van der Waals surface area contributed by atoms with Gasteiger partial charge in [0.05, 0.1) is 5.56 Å². The van der Waals surface area contributed by atoms with E-state index in [4.69, 9.17) is 5.11 Å². The minimum absolute atomic E-state index is 0.0202. The molecule has 1 aromatic rings. The number of para-hydroxylation sites is 1. The lowest BCUT2D eigenvalue weighted by atomic mass is 10.1. The molecule has 4 nitrogen and oxygen atoms in total. The molecule has 1 N–H and O–H groups in total. The fourth-order valence-corrected chi connectivity index (χ4v) is 1.37. The summed E-state index contributed by atoms with van der Waals surface area (Å²) in [5.41, 5.74) is 0.255. The third kappa shape index (κ3) is 3.82. The molecule has 0 aromatic heterocycles. The Morgan fingerprint density at radius 1 is 1.47 bits per heavy atom. The first-order valence-electron chi connectivity index (χ1n) is 4.78. The molecule has 1 rings (SSSR count). The van der Waals surface area contributed by atoms with Crippen molar-refractivity contribution in [3.8, 4) is 5.75 Å². The van der Waals surface area contributed by atoms with E-state index in [9.17, 15) is 18.4 Å². The normalized spacial score (nSPS) is 10.3. The summed E-state index contributed by atoms with van der Waals surface area (Å²) in [5.74, 6) is -1.30. The fourth-order valence-electron chi connectivity index (χ4n) is 1.37. The van der Waals surface area contributed by atoms with Crippen molar-refractivity contribution in [1.29, 1.82) is 0 Å². The Kier molecular flexibility index (Phi) is 4.56. The maximum absolute atomic E-state index is 12.2. The minimum atomic E-state index is -3.06. The average Bonchev–Trinajstić information content (AvgIpc) is 2.26. The summed E-state index contributed by atoms with van der Waals surface area (Å²) in [6.07, 6.45) is 0.197. The van der Waals surface area contributed by atoms with Gasteiger partial charge in [-0.05, 0) is 18.1 Å². The summed E-state index contributed by atoms with van der Waals surface area (Å²) in [6.45, 7) is -3.06. The highest BCUT2D eigenvalue weighted by molar-refractivity contribution is 5.80. The molecular weight excluding hydrogens is 234 g/mol. The summed E-state index contributed by atoms with van der Waals surface area (Å²) in [5, 5.41) is 8.52. The standard InChI is InChI=1S/C11H10F2O4/c12-11(13)17-10-7(4-5-9(15)16)2-1-3-8(10)6-14/h1-3,6,11H,4-5H2,(H,15,16). The lowest BCUT2D eigenvalue weighted by Crippen LogP contribution is -2.08. The maximum atomic E-state index is 12.2. The number of benzene rings is 1. The van der Waals surface area contributed by atoms with Gasteiger partial charge in [0.25, 0.3) is 0 Å². The number of alkyl halides is 2. The number of carbonyl (C=O) groups is 2. The van der Waals surface area contributed by atoms with Crippen molar-refractivity contribution in [2.24, 2.45) is 0 Å². The topological polar surface area (TPSA) is 63.6 Å². The number of halogens is 2. The molecule has 0 radical (unpaired) electrons. The second-order valence-corrected chi connectivity index (χ2v) is 3.23. The van der Waals surface area contributed by atoms with Crippen LogP contribution in [0.1, 0.15) is 22.3 Å². The average molecular weight is 244 g/mol. The lowest BCUT2D eigenvalue weighted by Gasteiger charge is -2.11. The summed E-state index contributed by atoms with van der Waals surface area (Å²) >= 11 is 0. The van der Waals surface area contributed by atoms with Crippen molar-refractivity contribution >= 4 is 12.3 Å². The van der Waals surface area contributed by atoms with Gasteiger partial charge in [-0.15, -0.1) is 0 Å². The molecule has 0 fully saturated rings. The number of carbonyl (C=O) groups excluding carboxylic acids is 1. The molecule has 1 aromatic carbocycles. The summed E-state index contributed by atoms with van der Waals surface area (Å²) in [7, 11) is 0. The Bertz CT molecular complexity index is 418. The minimum Gasteiger partial charge on any atom is -0.481 e. The monoisotopic (exact) mass is 244 g/mol. The highest BCUT2D eigenvalue weighted by Gasteiger charge is 2.14. The van der Waals surface area contributed by atoms with Gasteiger partial charge in [0.2, 0.25) is 0 Å². The Morgan fingerprint density at radius 2 is 2.18 bits per heavy atom. The van der Waals surface area contributed by atoms with Gasteiger partial charge in [-0.25, -0.2) is 0 Å². The van der Waals surface area contributed by atoms with Crippen LogP contribution in [0.25, 0.3) is 0 Å². The van der Waals surface area contributed by atoms with Crippen molar-refractivity contribution in [2.45, 2.75) is 19.5 Å². The van der Waals surface area contributed by atoms with E-state index in [1.54, 1.807) is 0 Å². The Morgan fingerprint density at radius 3 is 2.71 bits per heavy atom. The second kappa shape index (κ2) is 5.93. The van der Waals surface area contributed by atoms with Crippen LogP contribution in [0.15, 0.2) is 18.2 Å². The SMILES string of the molecule is O=Cc1cccc(CCC(=O)O)c1OC(F)F. The molecule has 0 aliphatic carbocycles. The van der Waals surface area contributed by atoms with Crippen LogP contribution in [0.2, 0.25) is 0 Å². The molecule has 6 heteroatoms. The van der Waals surface area contributed by atoms with Crippen molar-refractivity contribution in [2.75, 3.05) is 0 Å². The smallest absolute Gasteiger partial charge is 0.387 e. The zero-order valence-corrected chi connectivity index (χ0v) is 8.73. The molecule has 0 atom stereocenters. The van der Waals surface area contributed by atoms with E-state index < -0.39 is 12.6 Å². The van der Waals surface area contributed by atoms with Crippen LogP contribution in [-0.4, -0.2) is 24.0 Å². The number of rotatable bonds is 6. The molecule has 0 bridgehead atoms. The molecule has 0 saturated heterocycles. The zero-order chi connectivity index (χ0) is 12.8. The van der Waals surface area contributed by atoms with E-state index in [2.05, 4.69) is 4.74 Å². The van der Waals surface area contributed by atoms with Gasteiger partial charge in [0, 0.05) is 6.42 Å². The molecule has 17 heavy (non-hydrogen) atoms. The van der Waals surface area contributed by atoms with Crippen LogP contribution in [0.3, 0.4) is 0 Å². The number of ether oxygens (including phenoxy) is 1. The fraction of sp³-hybridized carbons (Fsp3) is 0.273. The van der Waals surface area contributed by atoms with Crippen LogP contribution in [-0.2, 0) is 11.2 Å². The van der Waals surface area contributed by atoms with E-state index >= 15 is 0 Å². The Labute approximate surface area is 95.8 Å². The summed E-state index contributed by atoms with van der Waals surface area (Å²) in [4.78, 5) is 21.1. The Balaban J connectivity index is 3.00. The zero-order valence-electron chi connectivity index (χ0n) is 8.73. The van der Waals surface area contributed by atoms with Gasteiger partial charge in [-0.3, -0.25) is 9.59 Å². The summed E-state index contributed by atoms with van der Waals surface area (Å²) in [6, 6.07) is 4.27. The molecule has 92 valence electrons. The quantitative estimate of drug-likeness (QED) is 0.778. The molecule has 0 heterocycles. The van der Waals surface area contributed by atoms with Gasteiger partial charge in [-0.2, -0.15) is 8.78 Å². The van der Waals surface area contributed by atoms with Crippen LogP contribution in [0, 0.1) is 0 Å². The van der Waals surface area contributed by atoms with Gasteiger partial charge in [0.1, 0.15) is 5.75 Å². The van der Waals surface area contributed by atoms with Crippen LogP contribution >= 0.6 is 0 Å². The number of aryl methyl sites for hydroxylation is 1. The van der Waals surface area contributed by atoms with E-state index in [-0.39, 0.29) is 29.7 Å². The first-order chi connectivity index (χ1) is 8.04. The molecule has 0 aliphatic rings.